The van der Waals surface area contributed by atoms with Crippen molar-refractivity contribution < 1.29 is 4.42 Å². The van der Waals surface area contributed by atoms with Crippen molar-refractivity contribution in [1.29, 1.82) is 0 Å². The summed E-state index contributed by atoms with van der Waals surface area (Å²) in [5, 5.41) is 7.48. The zero-order valence-electron chi connectivity index (χ0n) is 27.9. The van der Waals surface area contributed by atoms with Crippen LogP contribution in [0.2, 0.25) is 0 Å². The first-order valence-electron chi connectivity index (χ1n) is 17.5. The van der Waals surface area contributed by atoms with E-state index in [1.807, 2.05) is 34.8 Å². The third-order valence-corrected chi connectivity index (χ3v) is 12.7. The van der Waals surface area contributed by atoms with Crippen LogP contribution >= 0.6 is 22.7 Å². The van der Waals surface area contributed by atoms with Gasteiger partial charge in [-0.1, -0.05) is 127 Å². The standard InChI is InChI=1S/C48H29NOS2/c1-4-22-43-36(13-1)39-18-8-16-34(46(39)50-43)31-11-7-12-33(29-31)49(42-21-10-20-41-38-15-3-6-24-45(38)52-48(41)42)32-27-25-30(26-28-32)35-17-9-19-40-37-14-2-5-23-44(37)51-47(35)40/h1-29H. The van der Waals surface area contributed by atoms with E-state index in [2.05, 4.69) is 169 Å². The van der Waals surface area contributed by atoms with Crippen molar-refractivity contribution in [3.8, 4) is 22.3 Å². The molecule has 0 aliphatic rings. The molecular formula is C48H29NOS2. The molecule has 3 aromatic heterocycles. The fraction of sp³-hybridized carbons (Fsp3) is 0. The highest BCUT2D eigenvalue weighted by Gasteiger charge is 2.20. The van der Waals surface area contributed by atoms with Crippen molar-refractivity contribution in [3.05, 3.63) is 176 Å². The zero-order valence-corrected chi connectivity index (χ0v) is 29.5. The van der Waals surface area contributed by atoms with Crippen LogP contribution in [0.3, 0.4) is 0 Å². The first-order chi connectivity index (χ1) is 25.8. The Morgan fingerprint density at radius 3 is 1.77 bits per heavy atom. The highest BCUT2D eigenvalue weighted by atomic mass is 32.1. The average Bonchev–Trinajstić information content (AvgIpc) is 3.90. The van der Waals surface area contributed by atoms with E-state index in [4.69, 9.17) is 4.42 Å². The Labute approximate surface area is 308 Å². The van der Waals surface area contributed by atoms with Crippen molar-refractivity contribution in [2.24, 2.45) is 0 Å². The van der Waals surface area contributed by atoms with Crippen molar-refractivity contribution in [2.45, 2.75) is 0 Å². The van der Waals surface area contributed by atoms with E-state index in [1.165, 1.54) is 51.5 Å². The number of nitrogens with zero attached hydrogens (tertiary/aromatic N) is 1. The van der Waals surface area contributed by atoms with Gasteiger partial charge in [-0.25, -0.2) is 0 Å². The van der Waals surface area contributed by atoms with Gasteiger partial charge in [0.1, 0.15) is 11.2 Å². The first-order valence-corrected chi connectivity index (χ1v) is 19.1. The molecule has 4 heteroatoms. The number of fused-ring (bicyclic) bond motifs is 9. The molecule has 0 aliphatic carbocycles. The fourth-order valence-electron chi connectivity index (χ4n) is 7.89. The highest BCUT2D eigenvalue weighted by molar-refractivity contribution is 7.26. The number of anilines is 3. The van der Waals surface area contributed by atoms with Crippen molar-refractivity contribution in [3.63, 3.8) is 0 Å². The topological polar surface area (TPSA) is 16.4 Å². The zero-order chi connectivity index (χ0) is 34.2. The Balaban J connectivity index is 1.10. The van der Waals surface area contributed by atoms with Crippen LogP contribution in [-0.2, 0) is 0 Å². The second kappa shape index (κ2) is 11.7. The second-order valence-corrected chi connectivity index (χ2v) is 15.4. The molecule has 0 N–H and O–H groups in total. The van der Waals surface area contributed by atoms with Gasteiger partial charge < -0.3 is 9.32 Å². The monoisotopic (exact) mass is 699 g/mol. The van der Waals surface area contributed by atoms with Crippen LogP contribution in [-0.4, -0.2) is 0 Å². The summed E-state index contributed by atoms with van der Waals surface area (Å²) in [5.74, 6) is 0. The number of para-hydroxylation sites is 2. The third kappa shape index (κ3) is 4.55. The predicted octanol–water partition coefficient (Wildman–Crippen LogP) is 15.1. The summed E-state index contributed by atoms with van der Waals surface area (Å²) in [6.45, 7) is 0. The Bertz CT molecular complexity index is 3150. The molecule has 0 fully saturated rings. The number of hydrogen-bond acceptors (Lipinski definition) is 4. The molecule has 0 unspecified atom stereocenters. The molecule has 0 radical (unpaired) electrons. The van der Waals surface area contributed by atoms with Gasteiger partial charge in [-0.2, -0.15) is 0 Å². The van der Waals surface area contributed by atoms with Gasteiger partial charge in [-0.3, -0.25) is 0 Å². The minimum absolute atomic E-state index is 0.908. The molecule has 52 heavy (non-hydrogen) atoms. The summed E-state index contributed by atoms with van der Waals surface area (Å²) in [4.78, 5) is 2.42. The van der Waals surface area contributed by atoms with Gasteiger partial charge in [-0.15, -0.1) is 22.7 Å². The van der Waals surface area contributed by atoms with Crippen LogP contribution in [0.5, 0.6) is 0 Å². The molecule has 0 amide bonds. The lowest BCUT2D eigenvalue weighted by Gasteiger charge is -2.27. The van der Waals surface area contributed by atoms with Gasteiger partial charge in [0.25, 0.3) is 0 Å². The van der Waals surface area contributed by atoms with Crippen LogP contribution in [0.25, 0.3) is 84.5 Å². The van der Waals surface area contributed by atoms with Gasteiger partial charge in [-0.05, 0) is 65.2 Å². The maximum atomic E-state index is 6.49. The van der Waals surface area contributed by atoms with Gasteiger partial charge >= 0.3 is 0 Å². The summed E-state index contributed by atoms with van der Waals surface area (Å²) in [5.41, 5.74) is 9.87. The SMILES string of the molecule is c1cc(-c2cccc3c2oc2ccccc23)cc(N(c2ccc(-c3cccc4c3sc3ccccc34)cc2)c2cccc3c2sc2ccccc23)c1. The Morgan fingerprint density at radius 2 is 0.981 bits per heavy atom. The molecule has 0 saturated carbocycles. The van der Waals surface area contributed by atoms with Gasteiger partial charge in [0.2, 0.25) is 0 Å². The molecule has 2 nitrogen and oxygen atoms in total. The summed E-state index contributed by atoms with van der Waals surface area (Å²) in [7, 11) is 0. The van der Waals surface area contributed by atoms with E-state index in [-0.39, 0.29) is 0 Å². The second-order valence-electron chi connectivity index (χ2n) is 13.2. The fourth-order valence-corrected chi connectivity index (χ4v) is 10.3. The summed E-state index contributed by atoms with van der Waals surface area (Å²) < 4.78 is 11.7. The molecule has 0 atom stereocenters. The molecule has 11 aromatic rings. The van der Waals surface area contributed by atoms with Crippen molar-refractivity contribution in [1.82, 2.24) is 0 Å². The number of furan rings is 1. The highest BCUT2D eigenvalue weighted by Crippen LogP contribution is 2.47. The smallest absolute Gasteiger partial charge is 0.143 e. The minimum Gasteiger partial charge on any atom is -0.455 e. The maximum absolute atomic E-state index is 6.49. The number of rotatable bonds is 5. The minimum atomic E-state index is 0.908. The van der Waals surface area contributed by atoms with Crippen molar-refractivity contribution >= 4 is 102 Å². The third-order valence-electron chi connectivity index (χ3n) is 10.3. The first kappa shape index (κ1) is 29.5. The van der Waals surface area contributed by atoms with Crippen LogP contribution < -0.4 is 4.90 Å². The van der Waals surface area contributed by atoms with E-state index >= 15 is 0 Å². The Kier molecular flexibility index (Phi) is 6.63. The summed E-state index contributed by atoms with van der Waals surface area (Å²) in [6.07, 6.45) is 0. The quantitative estimate of drug-likeness (QED) is 0.178. The molecule has 8 aromatic carbocycles. The molecule has 11 rings (SSSR count). The molecular weight excluding hydrogens is 671 g/mol. The van der Waals surface area contributed by atoms with E-state index in [0.717, 1.165) is 50.1 Å². The van der Waals surface area contributed by atoms with Gasteiger partial charge in [0, 0.05) is 63.4 Å². The number of benzene rings is 8. The molecule has 3 heterocycles. The lowest BCUT2D eigenvalue weighted by molar-refractivity contribution is 0.670. The molecule has 0 saturated heterocycles. The average molecular weight is 700 g/mol. The largest absolute Gasteiger partial charge is 0.455 e. The van der Waals surface area contributed by atoms with Gasteiger partial charge in [0.05, 0.1) is 10.4 Å². The molecule has 0 spiro atoms. The molecule has 0 aliphatic heterocycles. The summed E-state index contributed by atoms with van der Waals surface area (Å²) in [6, 6.07) is 63.6. The van der Waals surface area contributed by atoms with Gasteiger partial charge in [0.15, 0.2) is 0 Å². The van der Waals surface area contributed by atoms with E-state index in [0.29, 0.717) is 0 Å². The van der Waals surface area contributed by atoms with Crippen LogP contribution in [0.1, 0.15) is 0 Å². The van der Waals surface area contributed by atoms with E-state index in [1.54, 1.807) is 0 Å². The normalized spacial score (nSPS) is 11.8. The Morgan fingerprint density at radius 1 is 0.385 bits per heavy atom. The molecule has 244 valence electrons. The van der Waals surface area contributed by atoms with E-state index in [9.17, 15) is 0 Å². The summed E-state index contributed by atoms with van der Waals surface area (Å²) >= 11 is 3.73. The maximum Gasteiger partial charge on any atom is 0.143 e. The van der Waals surface area contributed by atoms with Crippen LogP contribution in [0, 0.1) is 0 Å². The van der Waals surface area contributed by atoms with Crippen LogP contribution in [0.15, 0.2) is 180 Å². The van der Waals surface area contributed by atoms with Crippen LogP contribution in [0.4, 0.5) is 17.1 Å². The molecule has 0 bridgehead atoms. The van der Waals surface area contributed by atoms with E-state index < -0.39 is 0 Å². The number of hydrogen-bond donors (Lipinski definition) is 0. The number of thiophene rings is 2. The lowest BCUT2D eigenvalue weighted by atomic mass is 10.0. The lowest BCUT2D eigenvalue weighted by Crippen LogP contribution is -2.10. The predicted molar refractivity (Wildman–Crippen MR) is 225 cm³/mol. The van der Waals surface area contributed by atoms with Crippen molar-refractivity contribution in [2.75, 3.05) is 4.90 Å². The Hall–Kier alpha value is -6.20.